The normalized spacial score (nSPS) is 30.4. The number of pyridine rings is 1. The van der Waals surface area contributed by atoms with Crippen molar-refractivity contribution >= 4 is 11.7 Å². The molecule has 0 saturated carbocycles. The number of carbonyl (C=O) groups excluding carboxylic acids is 1. The summed E-state index contributed by atoms with van der Waals surface area (Å²) < 4.78 is 5.87. The van der Waals surface area contributed by atoms with E-state index in [1.165, 1.54) is 6.20 Å². The predicted molar refractivity (Wildman–Crippen MR) is 84.1 cm³/mol. The number of ether oxygens (including phenoxy) is 1. The van der Waals surface area contributed by atoms with Crippen LogP contribution in [0.15, 0.2) is 18.3 Å². The van der Waals surface area contributed by atoms with Crippen molar-refractivity contribution in [3.63, 3.8) is 0 Å². The molecule has 0 aliphatic carbocycles. The fraction of sp³-hybridized carbons (Fsp3) is 0.625. The Kier molecular flexibility index (Phi) is 4.03. The molecule has 1 spiro atoms. The summed E-state index contributed by atoms with van der Waals surface area (Å²) in [4.78, 5) is 17.4. The molecular formula is C16H23N3O4. The number of aromatic nitrogens is 1. The molecule has 126 valence electrons. The summed E-state index contributed by atoms with van der Waals surface area (Å²) in [5, 5.41) is 20.8. The Hall–Kier alpha value is -1.70. The van der Waals surface area contributed by atoms with E-state index in [2.05, 4.69) is 9.88 Å². The molecule has 0 unspecified atom stereocenters. The van der Waals surface area contributed by atoms with Crippen molar-refractivity contribution in [2.45, 2.75) is 43.5 Å². The Balaban J connectivity index is 1.69. The van der Waals surface area contributed by atoms with E-state index in [9.17, 15) is 15.0 Å². The number of aliphatic hydroxyl groups is 2. The molecular weight excluding hydrogens is 298 g/mol. The van der Waals surface area contributed by atoms with Crippen molar-refractivity contribution in [1.29, 1.82) is 0 Å². The minimum Gasteiger partial charge on any atom is -0.387 e. The van der Waals surface area contributed by atoms with E-state index < -0.39 is 23.2 Å². The lowest BCUT2D eigenvalue weighted by atomic mass is 9.75. The summed E-state index contributed by atoms with van der Waals surface area (Å²) in [6.45, 7) is 3.44. The lowest BCUT2D eigenvalue weighted by Crippen LogP contribution is -2.64. The maximum Gasteiger partial charge on any atom is 0.250 e. The third-order valence-corrected chi connectivity index (χ3v) is 5.05. The highest BCUT2D eigenvalue weighted by Crippen LogP contribution is 2.40. The predicted octanol–water partition coefficient (Wildman–Crippen LogP) is 0.0517. The van der Waals surface area contributed by atoms with Gasteiger partial charge in [-0.1, -0.05) is 0 Å². The Morgan fingerprint density at radius 3 is 2.65 bits per heavy atom. The average molecular weight is 321 g/mol. The fourth-order valence-corrected chi connectivity index (χ4v) is 3.49. The minimum atomic E-state index is -1.11. The molecule has 2 fully saturated rings. The van der Waals surface area contributed by atoms with E-state index in [0.717, 1.165) is 5.82 Å². The number of carbonyl (C=O) groups is 1. The minimum absolute atomic E-state index is 0.379. The number of hydrogen-bond donors (Lipinski definition) is 3. The van der Waals surface area contributed by atoms with Crippen molar-refractivity contribution in [3.8, 4) is 0 Å². The summed E-state index contributed by atoms with van der Waals surface area (Å²) >= 11 is 0. The number of nitrogens with two attached hydrogens (primary N) is 1. The Bertz CT molecular complexity index is 579. The molecule has 2 aliphatic heterocycles. The quantitative estimate of drug-likeness (QED) is 0.710. The maximum atomic E-state index is 11.1. The standard InChI is InChI=1S/C16H23N3O4/c1-15(22)6-9-23-16(14(15)21)4-7-19(8-5-16)12-3-2-11(10-18-12)13(17)20/h2-3,10,14,21-22H,4-9H2,1H3,(H2,17,20)/t14-,15+/m0/s1. The third kappa shape index (κ3) is 2.91. The molecule has 3 heterocycles. The maximum absolute atomic E-state index is 11.1. The summed E-state index contributed by atoms with van der Waals surface area (Å²) in [5.74, 6) is 0.268. The molecule has 7 nitrogen and oxygen atoms in total. The molecule has 2 saturated heterocycles. The molecule has 0 bridgehead atoms. The van der Waals surface area contributed by atoms with Gasteiger partial charge in [-0.05, 0) is 31.9 Å². The molecule has 2 atom stereocenters. The first-order valence-electron chi connectivity index (χ1n) is 7.89. The number of hydrogen-bond acceptors (Lipinski definition) is 6. The highest BCUT2D eigenvalue weighted by molar-refractivity contribution is 5.92. The van der Waals surface area contributed by atoms with Crippen molar-refractivity contribution in [3.05, 3.63) is 23.9 Å². The highest BCUT2D eigenvalue weighted by atomic mass is 16.5. The van der Waals surface area contributed by atoms with E-state index in [1.807, 2.05) is 0 Å². The van der Waals surface area contributed by atoms with Crippen LogP contribution in [-0.2, 0) is 4.74 Å². The summed E-state index contributed by atoms with van der Waals surface area (Å²) in [7, 11) is 0. The zero-order valence-corrected chi connectivity index (χ0v) is 13.2. The van der Waals surface area contributed by atoms with Gasteiger partial charge in [0.25, 0.3) is 0 Å². The van der Waals surface area contributed by atoms with Crippen LogP contribution in [0, 0.1) is 0 Å². The van der Waals surface area contributed by atoms with E-state index in [-0.39, 0.29) is 0 Å². The smallest absolute Gasteiger partial charge is 0.250 e. The summed E-state index contributed by atoms with van der Waals surface area (Å²) in [6, 6.07) is 3.43. The van der Waals surface area contributed by atoms with Gasteiger partial charge in [-0.2, -0.15) is 0 Å². The van der Waals surface area contributed by atoms with Gasteiger partial charge in [0.05, 0.1) is 17.8 Å². The second kappa shape index (κ2) is 5.74. The first kappa shape index (κ1) is 16.2. The van der Waals surface area contributed by atoms with Crippen LogP contribution in [0.5, 0.6) is 0 Å². The number of anilines is 1. The van der Waals surface area contributed by atoms with E-state index in [4.69, 9.17) is 10.5 Å². The Morgan fingerprint density at radius 2 is 2.09 bits per heavy atom. The average Bonchev–Trinajstić information content (AvgIpc) is 2.53. The zero-order chi connectivity index (χ0) is 16.7. The van der Waals surface area contributed by atoms with Gasteiger partial charge in [0.1, 0.15) is 17.5 Å². The molecule has 3 rings (SSSR count). The molecule has 4 N–H and O–H groups in total. The van der Waals surface area contributed by atoms with Crippen LogP contribution >= 0.6 is 0 Å². The number of amides is 1. The van der Waals surface area contributed by atoms with Gasteiger partial charge >= 0.3 is 0 Å². The second-order valence-corrected chi connectivity index (χ2v) is 6.68. The number of rotatable bonds is 2. The van der Waals surface area contributed by atoms with Crippen molar-refractivity contribution < 1.29 is 19.7 Å². The first-order chi connectivity index (χ1) is 10.8. The number of aliphatic hydroxyl groups excluding tert-OH is 1. The van der Waals surface area contributed by atoms with Gasteiger partial charge in [0, 0.05) is 25.7 Å². The molecule has 1 aromatic rings. The Morgan fingerprint density at radius 1 is 1.39 bits per heavy atom. The van der Waals surface area contributed by atoms with Crippen LogP contribution in [0.3, 0.4) is 0 Å². The second-order valence-electron chi connectivity index (χ2n) is 6.68. The van der Waals surface area contributed by atoms with Gasteiger partial charge in [-0.25, -0.2) is 4.98 Å². The topological polar surface area (TPSA) is 109 Å². The van der Waals surface area contributed by atoms with Crippen molar-refractivity contribution in [2.24, 2.45) is 5.73 Å². The van der Waals surface area contributed by atoms with Gasteiger partial charge in [0.15, 0.2) is 0 Å². The molecule has 23 heavy (non-hydrogen) atoms. The van der Waals surface area contributed by atoms with Gasteiger partial charge in [0.2, 0.25) is 5.91 Å². The third-order valence-electron chi connectivity index (χ3n) is 5.05. The highest BCUT2D eigenvalue weighted by Gasteiger charge is 2.52. The molecule has 0 aromatic carbocycles. The fourth-order valence-electron chi connectivity index (χ4n) is 3.49. The van der Waals surface area contributed by atoms with Crippen LogP contribution in [0.2, 0.25) is 0 Å². The first-order valence-corrected chi connectivity index (χ1v) is 7.89. The van der Waals surface area contributed by atoms with E-state index in [0.29, 0.717) is 44.5 Å². The van der Waals surface area contributed by atoms with Crippen molar-refractivity contribution in [2.75, 3.05) is 24.6 Å². The number of piperidine rings is 1. The monoisotopic (exact) mass is 321 g/mol. The summed E-state index contributed by atoms with van der Waals surface area (Å²) in [6.07, 6.45) is 2.25. The zero-order valence-electron chi connectivity index (χ0n) is 13.2. The SMILES string of the molecule is C[C@@]1(O)CCOC2(CCN(c3ccc(C(N)=O)cn3)CC2)[C@H]1O. The van der Waals surface area contributed by atoms with Crippen LogP contribution < -0.4 is 10.6 Å². The van der Waals surface area contributed by atoms with Gasteiger partial charge < -0.3 is 25.6 Å². The van der Waals surface area contributed by atoms with Crippen LogP contribution in [0.25, 0.3) is 0 Å². The molecule has 1 amide bonds. The van der Waals surface area contributed by atoms with E-state index in [1.54, 1.807) is 19.1 Å². The van der Waals surface area contributed by atoms with E-state index >= 15 is 0 Å². The van der Waals surface area contributed by atoms with Crippen LogP contribution in [0.1, 0.15) is 36.5 Å². The summed E-state index contributed by atoms with van der Waals surface area (Å²) in [5.41, 5.74) is 3.80. The molecule has 1 aromatic heterocycles. The van der Waals surface area contributed by atoms with Gasteiger partial charge in [-0.15, -0.1) is 0 Å². The number of primary amides is 1. The lowest BCUT2D eigenvalue weighted by Gasteiger charge is -2.51. The molecule has 0 radical (unpaired) electrons. The van der Waals surface area contributed by atoms with Crippen LogP contribution in [0.4, 0.5) is 5.82 Å². The van der Waals surface area contributed by atoms with Gasteiger partial charge in [-0.3, -0.25) is 4.79 Å². The molecule has 7 heteroatoms. The number of nitrogens with zero attached hydrogens (tertiary/aromatic N) is 2. The van der Waals surface area contributed by atoms with Crippen LogP contribution in [-0.4, -0.2) is 58.1 Å². The largest absolute Gasteiger partial charge is 0.387 e. The molecule has 2 aliphatic rings. The lowest BCUT2D eigenvalue weighted by molar-refractivity contribution is -0.239. The van der Waals surface area contributed by atoms with Crippen molar-refractivity contribution in [1.82, 2.24) is 4.98 Å². The Labute approximate surface area is 135 Å².